The number of halogens is 3. The van der Waals surface area contributed by atoms with E-state index >= 15 is 0 Å². The van der Waals surface area contributed by atoms with Gasteiger partial charge in [-0.3, -0.25) is 4.79 Å². The number of likely N-dealkylation sites (N-methyl/N-ethyl adjacent to an activating group) is 1. The Hall–Kier alpha value is -1.33. The molecular formula is C14H16Cl2FN3O. The highest BCUT2D eigenvalue weighted by atomic mass is 35.5. The number of amides is 1. The number of aromatic nitrogens is 2. The van der Waals surface area contributed by atoms with Crippen molar-refractivity contribution in [3.05, 3.63) is 28.8 Å². The van der Waals surface area contributed by atoms with Gasteiger partial charge in [0.05, 0.1) is 21.4 Å². The molecule has 1 aromatic heterocycles. The zero-order valence-corrected chi connectivity index (χ0v) is 13.7. The summed E-state index contributed by atoms with van der Waals surface area (Å²) in [6.07, 6.45) is 0. The van der Waals surface area contributed by atoms with Crippen molar-refractivity contribution in [3.63, 3.8) is 0 Å². The second kappa shape index (κ2) is 5.81. The van der Waals surface area contributed by atoms with Crippen molar-refractivity contribution in [2.45, 2.75) is 25.3 Å². The molecule has 0 aliphatic carbocycles. The smallest absolute Gasteiger partial charge is 0.244 e. The van der Waals surface area contributed by atoms with Gasteiger partial charge in [-0.05, 0) is 19.9 Å². The van der Waals surface area contributed by atoms with Gasteiger partial charge in [-0.15, -0.1) is 11.6 Å². The quantitative estimate of drug-likeness (QED) is 0.803. The summed E-state index contributed by atoms with van der Waals surface area (Å²) in [5, 5.41) is -0.432. The predicted octanol–water partition coefficient (Wildman–Crippen LogP) is 3.78. The molecule has 0 fully saturated rings. The number of carbonyl (C=O) groups is 1. The van der Waals surface area contributed by atoms with Crippen LogP contribution in [0.5, 0.6) is 0 Å². The number of alkyl halides is 1. The average Bonchev–Trinajstić information content (AvgIpc) is 2.76. The minimum atomic E-state index is -0.547. The Morgan fingerprint density at radius 2 is 2.00 bits per heavy atom. The van der Waals surface area contributed by atoms with Crippen LogP contribution in [0.25, 0.3) is 11.0 Å². The van der Waals surface area contributed by atoms with Crippen LogP contribution in [0, 0.1) is 5.82 Å². The number of hydrogen-bond donors (Lipinski definition) is 0. The number of nitrogens with zero attached hydrogens (tertiary/aromatic N) is 3. The lowest BCUT2D eigenvalue weighted by Crippen LogP contribution is -2.30. The van der Waals surface area contributed by atoms with Crippen LogP contribution in [0.15, 0.2) is 12.1 Å². The third-order valence-electron chi connectivity index (χ3n) is 3.30. The molecule has 0 bridgehead atoms. The van der Waals surface area contributed by atoms with Crippen molar-refractivity contribution in [2.24, 2.45) is 0 Å². The molecule has 1 amide bonds. The van der Waals surface area contributed by atoms with E-state index in [9.17, 15) is 9.18 Å². The lowest BCUT2D eigenvalue weighted by atomic mass is 10.2. The second-order valence-corrected chi connectivity index (χ2v) is 6.18. The highest BCUT2D eigenvalue weighted by molar-refractivity contribution is 6.31. The van der Waals surface area contributed by atoms with E-state index in [0.717, 1.165) is 0 Å². The van der Waals surface area contributed by atoms with Gasteiger partial charge < -0.3 is 9.47 Å². The lowest BCUT2D eigenvalue weighted by Gasteiger charge is -2.21. The molecule has 21 heavy (non-hydrogen) atoms. The van der Waals surface area contributed by atoms with E-state index in [1.54, 1.807) is 32.5 Å². The van der Waals surface area contributed by atoms with E-state index in [1.807, 2.05) is 0 Å². The Kier molecular flexibility index (Phi) is 4.44. The van der Waals surface area contributed by atoms with E-state index in [0.29, 0.717) is 16.9 Å². The molecule has 1 heterocycles. The average molecular weight is 332 g/mol. The fourth-order valence-electron chi connectivity index (χ4n) is 2.28. The van der Waals surface area contributed by atoms with Crippen LogP contribution in [0.1, 0.15) is 31.1 Å². The van der Waals surface area contributed by atoms with Gasteiger partial charge in [0.1, 0.15) is 17.7 Å². The first kappa shape index (κ1) is 16.0. The normalized spacial score (nSPS) is 14.2. The topological polar surface area (TPSA) is 38.1 Å². The van der Waals surface area contributed by atoms with Crippen molar-refractivity contribution in [3.8, 4) is 0 Å². The Balaban J connectivity index is 2.72. The summed E-state index contributed by atoms with van der Waals surface area (Å²) in [6.45, 7) is 3.51. The van der Waals surface area contributed by atoms with Crippen LogP contribution in [-0.2, 0) is 4.79 Å². The zero-order chi connectivity index (χ0) is 15.9. The number of fused-ring (bicyclic) bond motifs is 1. The number of carbonyl (C=O) groups excluding carboxylic acids is 1. The standard InChI is InChI=1S/C14H16Cl2FN3O/c1-7(15)13-18-11-6-10(17)9(16)5-12(11)20(13)8(2)14(21)19(3)4/h5-8H,1-4H3. The van der Waals surface area contributed by atoms with Crippen LogP contribution >= 0.6 is 23.2 Å². The molecule has 2 rings (SSSR count). The maximum atomic E-state index is 13.6. The summed E-state index contributed by atoms with van der Waals surface area (Å²) >= 11 is 12.0. The summed E-state index contributed by atoms with van der Waals surface area (Å²) in [4.78, 5) is 18.1. The molecule has 0 saturated heterocycles. The van der Waals surface area contributed by atoms with Gasteiger partial charge in [-0.1, -0.05) is 11.6 Å². The molecule has 0 aliphatic heterocycles. The maximum absolute atomic E-state index is 13.6. The molecule has 0 N–H and O–H groups in total. The van der Waals surface area contributed by atoms with Crippen LogP contribution in [0.4, 0.5) is 4.39 Å². The van der Waals surface area contributed by atoms with Crippen molar-refractivity contribution in [2.75, 3.05) is 14.1 Å². The van der Waals surface area contributed by atoms with Crippen molar-refractivity contribution in [1.29, 1.82) is 0 Å². The predicted molar refractivity (Wildman–Crippen MR) is 82.4 cm³/mol. The Labute approximate surface area is 132 Å². The summed E-state index contributed by atoms with van der Waals surface area (Å²) < 4.78 is 15.3. The molecule has 4 nitrogen and oxygen atoms in total. The lowest BCUT2D eigenvalue weighted by molar-refractivity contribution is -0.131. The van der Waals surface area contributed by atoms with E-state index in [1.165, 1.54) is 17.0 Å². The summed E-state index contributed by atoms with van der Waals surface area (Å²) in [5.41, 5.74) is 1.02. The molecule has 0 aliphatic rings. The molecule has 1 aromatic carbocycles. The van der Waals surface area contributed by atoms with Crippen LogP contribution in [-0.4, -0.2) is 34.5 Å². The van der Waals surface area contributed by atoms with Gasteiger partial charge in [0.15, 0.2) is 0 Å². The van der Waals surface area contributed by atoms with Gasteiger partial charge in [0, 0.05) is 20.2 Å². The van der Waals surface area contributed by atoms with Gasteiger partial charge >= 0.3 is 0 Å². The molecule has 2 unspecified atom stereocenters. The number of benzene rings is 1. The van der Waals surface area contributed by atoms with Gasteiger partial charge in [0.2, 0.25) is 5.91 Å². The molecule has 114 valence electrons. The third kappa shape index (κ3) is 2.85. The maximum Gasteiger partial charge on any atom is 0.244 e. The van der Waals surface area contributed by atoms with Crippen molar-refractivity contribution >= 4 is 40.1 Å². The molecule has 0 saturated carbocycles. The highest BCUT2D eigenvalue weighted by Crippen LogP contribution is 2.31. The number of imidazole rings is 1. The van der Waals surface area contributed by atoms with Crippen molar-refractivity contribution in [1.82, 2.24) is 14.5 Å². The summed E-state index contributed by atoms with van der Waals surface area (Å²) in [5.74, 6) is -0.140. The van der Waals surface area contributed by atoms with Gasteiger partial charge in [-0.25, -0.2) is 9.37 Å². The fourth-order valence-corrected chi connectivity index (χ4v) is 2.59. The molecular weight excluding hydrogens is 316 g/mol. The molecule has 0 radical (unpaired) electrons. The largest absolute Gasteiger partial charge is 0.347 e. The first-order valence-corrected chi connectivity index (χ1v) is 7.27. The van der Waals surface area contributed by atoms with E-state index < -0.39 is 17.2 Å². The summed E-state index contributed by atoms with van der Waals surface area (Å²) in [6, 6.07) is 2.22. The Bertz CT molecular complexity index is 697. The van der Waals surface area contributed by atoms with E-state index in [4.69, 9.17) is 23.2 Å². The van der Waals surface area contributed by atoms with Gasteiger partial charge in [0.25, 0.3) is 0 Å². The van der Waals surface area contributed by atoms with E-state index in [-0.39, 0.29) is 10.9 Å². The first-order chi connectivity index (χ1) is 9.73. The van der Waals surface area contributed by atoms with Crippen molar-refractivity contribution < 1.29 is 9.18 Å². The van der Waals surface area contributed by atoms with Crippen LogP contribution < -0.4 is 0 Å². The molecule has 2 aromatic rings. The minimum absolute atomic E-state index is 0.0121. The van der Waals surface area contributed by atoms with E-state index in [2.05, 4.69) is 4.98 Å². The molecule has 7 heteroatoms. The SMILES string of the molecule is CC(Cl)c1nc2cc(F)c(Cl)cc2n1C(C)C(=O)N(C)C. The first-order valence-electron chi connectivity index (χ1n) is 6.46. The van der Waals surface area contributed by atoms with Crippen LogP contribution in [0.3, 0.4) is 0 Å². The Morgan fingerprint density at radius 3 is 2.52 bits per heavy atom. The monoisotopic (exact) mass is 331 g/mol. The molecule has 2 atom stereocenters. The fraction of sp³-hybridized carbons (Fsp3) is 0.429. The number of hydrogen-bond acceptors (Lipinski definition) is 2. The number of rotatable bonds is 3. The molecule has 0 spiro atoms. The Morgan fingerprint density at radius 1 is 1.38 bits per heavy atom. The van der Waals surface area contributed by atoms with Gasteiger partial charge in [-0.2, -0.15) is 0 Å². The second-order valence-electron chi connectivity index (χ2n) is 5.12. The zero-order valence-electron chi connectivity index (χ0n) is 12.2. The van der Waals surface area contributed by atoms with Crippen LogP contribution in [0.2, 0.25) is 5.02 Å². The third-order valence-corrected chi connectivity index (χ3v) is 3.78. The minimum Gasteiger partial charge on any atom is -0.347 e. The summed E-state index contributed by atoms with van der Waals surface area (Å²) in [7, 11) is 3.35. The highest BCUT2D eigenvalue weighted by Gasteiger charge is 2.25.